The van der Waals surface area contributed by atoms with Gasteiger partial charge in [-0.3, -0.25) is 0 Å². The summed E-state index contributed by atoms with van der Waals surface area (Å²) in [6.45, 7) is 0. The lowest BCUT2D eigenvalue weighted by atomic mass is 9.72. The number of alkyl halides is 18. The van der Waals surface area contributed by atoms with Crippen LogP contribution in [0.25, 0.3) is 0 Å². The lowest BCUT2D eigenvalue weighted by Gasteiger charge is -2.40. The molecule has 1 rings (SSSR count). The maximum absolute atomic E-state index is 13.9. The quantitative estimate of drug-likeness (QED) is 0.379. The first kappa shape index (κ1) is 24.7. The van der Waals surface area contributed by atoms with E-state index in [1.165, 1.54) is 0 Å². The van der Waals surface area contributed by atoms with Crippen LogP contribution in [0.1, 0.15) is 0 Å². The molecular formula is C9F18O. The van der Waals surface area contributed by atoms with Crippen LogP contribution in [0.15, 0.2) is 0 Å². The largest absolute Gasteiger partial charge is 0.456 e. The Bertz CT molecular complexity index is 583. The van der Waals surface area contributed by atoms with Crippen LogP contribution in [0.4, 0.5) is 79.0 Å². The zero-order chi connectivity index (χ0) is 23.2. The number of hydrogen-bond acceptors (Lipinski definition) is 1. The molecule has 1 atom stereocenters. The standard InChI is InChI=1S/C9F18O/c10-1(5(13,14)15,6(16,17)18)2(4(11,12)9(25,26)27)3(28-2,7(19,20)21)8(22,23)24/t2-/m1/s1. The van der Waals surface area contributed by atoms with Crippen LogP contribution in [0.2, 0.25) is 0 Å². The Morgan fingerprint density at radius 2 is 0.679 bits per heavy atom. The molecular weight excluding hydrogens is 466 g/mol. The van der Waals surface area contributed by atoms with Gasteiger partial charge in [-0.2, -0.15) is 74.6 Å². The smallest absolute Gasteiger partial charge is 0.334 e. The predicted octanol–water partition coefficient (Wildman–Crippen LogP) is 5.65. The SMILES string of the molecule is FC(F)(F)C(F)(F)[C@]1(C(F)(C(F)(F)F)C(F)(F)F)OC1(C(F)(F)F)C(F)(F)F. The first-order chi connectivity index (χ1) is 11.7. The van der Waals surface area contributed by atoms with Gasteiger partial charge in [-0.1, -0.05) is 0 Å². The van der Waals surface area contributed by atoms with Crippen LogP contribution in [0.3, 0.4) is 0 Å². The minimum atomic E-state index is -8.46. The molecule has 28 heavy (non-hydrogen) atoms. The Morgan fingerprint density at radius 3 is 0.821 bits per heavy atom. The van der Waals surface area contributed by atoms with E-state index in [1.807, 2.05) is 4.74 Å². The van der Waals surface area contributed by atoms with Crippen molar-refractivity contribution in [3.05, 3.63) is 0 Å². The molecule has 0 aliphatic carbocycles. The number of epoxide rings is 1. The lowest BCUT2D eigenvalue weighted by molar-refractivity contribution is -0.409. The van der Waals surface area contributed by atoms with Gasteiger partial charge >= 0.3 is 42.5 Å². The summed E-state index contributed by atoms with van der Waals surface area (Å²) < 4.78 is 231. The molecule has 0 bridgehead atoms. The summed E-state index contributed by atoms with van der Waals surface area (Å²) >= 11 is 0. The normalized spacial score (nSPS) is 25.1. The molecule has 0 radical (unpaired) electrons. The molecule has 1 heterocycles. The van der Waals surface area contributed by atoms with E-state index < -0.39 is 53.7 Å². The van der Waals surface area contributed by atoms with Crippen molar-refractivity contribution in [3.63, 3.8) is 0 Å². The van der Waals surface area contributed by atoms with Gasteiger partial charge in [-0.05, 0) is 0 Å². The fourth-order valence-electron chi connectivity index (χ4n) is 2.45. The van der Waals surface area contributed by atoms with Crippen molar-refractivity contribution in [2.24, 2.45) is 0 Å². The van der Waals surface area contributed by atoms with Crippen LogP contribution in [0.5, 0.6) is 0 Å². The van der Waals surface area contributed by atoms with Gasteiger partial charge in [0.1, 0.15) is 0 Å². The summed E-state index contributed by atoms with van der Waals surface area (Å²) in [7, 11) is 0. The number of rotatable bonds is 2. The van der Waals surface area contributed by atoms with E-state index in [-0.39, 0.29) is 0 Å². The fraction of sp³-hybridized carbons (Fsp3) is 1.00. The van der Waals surface area contributed by atoms with E-state index in [1.54, 1.807) is 0 Å². The molecule has 0 aromatic carbocycles. The van der Waals surface area contributed by atoms with Gasteiger partial charge in [-0.25, -0.2) is 4.39 Å². The van der Waals surface area contributed by atoms with E-state index >= 15 is 0 Å². The first-order valence-electron chi connectivity index (χ1n) is 5.81. The van der Waals surface area contributed by atoms with Crippen LogP contribution < -0.4 is 0 Å². The number of ether oxygens (including phenoxy) is 1. The van der Waals surface area contributed by atoms with Gasteiger partial charge in [0.15, 0.2) is 0 Å². The number of halogens is 18. The molecule has 0 N–H and O–H groups in total. The summed E-state index contributed by atoms with van der Waals surface area (Å²) in [5, 5.41) is 0. The molecule has 0 saturated carbocycles. The molecule has 1 saturated heterocycles. The average molecular weight is 466 g/mol. The van der Waals surface area contributed by atoms with Crippen LogP contribution in [0, 0.1) is 0 Å². The van der Waals surface area contributed by atoms with Gasteiger partial charge in [0.2, 0.25) is 5.60 Å². The second-order valence-electron chi connectivity index (χ2n) is 5.19. The average Bonchev–Trinajstić information content (AvgIpc) is 3.05. The molecule has 19 heteroatoms. The van der Waals surface area contributed by atoms with Gasteiger partial charge in [0, 0.05) is 0 Å². The highest BCUT2D eigenvalue weighted by molar-refractivity contribution is 5.39. The summed E-state index contributed by atoms with van der Waals surface area (Å²) in [5.41, 5.74) is -23.9. The van der Waals surface area contributed by atoms with Gasteiger partial charge in [-0.15, -0.1) is 0 Å². The molecule has 0 aromatic heterocycles. The second kappa shape index (κ2) is 5.44. The van der Waals surface area contributed by atoms with Crippen molar-refractivity contribution in [1.82, 2.24) is 0 Å². The zero-order valence-corrected chi connectivity index (χ0v) is 11.7. The Labute approximate surface area is 139 Å². The maximum atomic E-state index is 13.9. The Hall–Kier alpha value is -1.30. The Morgan fingerprint density at radius 1 is 0.393 bits per heavy atom. The highest BCUT2D eigenvalue weighted by Gasteiger charge is 3.13. The summed E-state index contributed by atoms with van der Waals surface area (Å²) in [5.74, 6) is -8.29. The van der Waals surface area contributed by atoms with Crippen molar-refractivity contribution >= 4 is 0 Å². The zero-order valence-electron chi connectivity index (χ0n) is 11.7. The van der Waals surface area contributed by atoms with Crippen LogP contribution in [-0.2, 0) is 4.74 Å². The van der Waals surface area contributed by atoms with Crippen molar-refractivity contribution in [2.75, 3.05) is 0 Å². The minimum absolute atomic E-state index is 1.90. The third-order valence-electron chi connectivity index (χ3n) is 3.62. The van der Waals surface area contributed by atoms with Crippen molar-refractivity contribution in [1.29, 1.82) is 0 Å². The van der Waals surface area contributed by atoms with Crippen molar-refractivity contribution in [2.45, 2.75) is 53.7 Å². The third-order valence-corrected chi connectivity index (χ3v) is 3.62. The molecule has 0 amide bonds. The van der Waals surface area contributed by atoms with Gasteiger partial charge in [0.05, 0.1) is 0 Å². The Balaban J connectivity index is 4.24. The van der Waals surface area contributed by atoms with Crippen LogP contribution in [-0.4, -0.2) is 53.7 Å². The monoisotopic (exact) mass is 466 g/mol. The van der Waals surface area contributed by atoms with Crippen molar-refractivity contribution < 1.29 is 83.8 Å². The van der Waals surface area contributed by atoms with Crippen LogP contribution >= 0.6 is 0 Å². The van der Waals surface area contributed by atoms with E-state index in [9.17, 15) is 79.0 Å². The van der Waals surface area contributed by atoms with E-state index in [0.717, 1.165) is 0 Å². The fourth-order valence-corrected chi connectivity index (χ4v) is 2.45. The molecule has 1 aliphatic heterocycles. The highest BCUT2D eigenvalue weighted by Crippen LogP contribution is 2.79. The lowest BCUT2D eigenvalue weighted by Crippen LogP contribution is -2.76. The Kier molecular flexibility index (Phi) is 4.80. The molecule has 0 spiro atoms. The molecule has 1 nitrogen and oxygen atoms in total. The van der Waals surface area contributed by atoms with Crippen molar-refractivity contribution in [3.8, 4) is 0 Å². The molecule has 0 aromatic rings. The minimum Gasteiger partial charge on any atom is -0.334 e. The topological polar surface area (TPSA) is 12.5 Å². The van der Waals surface area contributed by atoms with E-state index in [4.69, 9.17) is 0 Å². The van der Waals surface area contributed by atoms with Gasteiger partial charge in [0.25, 0.3) is 5.60 Å². The van der Waals surface area contributed by atoms with E-state index in [0.29, 0.717) is 0 Å². The number of hydrogen-bond donors (Lipinski definition) is 0. The third kappa shape index (κ3) is 2.49. The van der Waals surface area contributed by atoms with E-state index in [2.05, 4.69) is 0 Å². The molecule has 1 fully saturated rings. The maximum Gasteiger partial charge on any atom is 0.456 e. The first-order valence-corrected chi connectivity index (χ1v) is 5.81. The molecule has 1 aliphatic rings. The highest BCUT2D eigenvalue weighted by atomic mass is 19.4. The predicted molar refractivity (Wildman–Crippen MR) is 45.6 cm³/mol. The second-order valence-corrected chi connectivity index (χ2v) is 5.19. The summed E-state index contributed by atoms with van der Waals surface area (Å²) in [6.07, 6.45) is -40.0. The van der Waals surface area contributed by atoms with Gasteiger partial charge < -0.3 is 4.74 Å². The molecule has 168 valence electrons. The summed E-state index contributed by atoms with van der Waals surface area (Å²) in [6, 6.07) is 0. The molecule has 0 unspecified atom stereocenters. The summed E-state index contributed by atoms with van der Waals surface area (Å²) in [4.78, 5) is 0.